The predicted octanol–water partition coefficient (Wildman–Crippen LogP) is 6.29. The van der Waals surface area contributed by atoms with Crippen molar-refractivity contribution in [2.75, 3.05) is 48.7 Å². The average molecular weight is 928 g/mol. The van der Waals surface area contributed by atoms with E-state index in [1.165, 1.54) is 43.3 Å². The molecule has 3 atom stereocenters. The van der Waals surface area contributed by atoms with Gasteiger partial charge in [-0.05, 0) is 97.6 Å². The Bertz CT molecular complexity index is 2520. The number of nitro benzene ring substituents is 1. The van der Waals surface area contributed by atoms with Gasteiger partial charge in [0, 0.05) is 78.3 Å². The van der Waals surface area contributed by atoms with Crippen molar-refractivity contribution in [3.05, 3.63) is 148 Å². The number of carbonyl (C=O) groups is 3. The number of sulfonamides is 1. The molecular weight excluding hydrogens is 876 g/mol. The highest BCUT2D eigenvalue weighted by molar-refractivity contribution is 7.99. The summed E-state index contributed by atoms with van der Waals surface area (Å²) in [6, 6.07) is 33.6. The Balaban J connectivity index is 1.06. The Morgan fingerprint density at radius 1 is 0.859 bits per heavy atom. The van der Waals surface area contributed by atoms with Gasteiger partial charge in [-0.1, -0.05) is 66.2 Å². The summed E-state index contributed by atoms with van der Waals surface area (Å²) < 4.78 is 29.0. The van der Waals surface area contributed by atoms with Crippen molar-refractivity contribution in [2.24, 2.45) is 5.73 Å². The molecule has 0 spiro atoms. The van der Waals surface area contributed by atoms with Gasteiger partial charge < -0.3 is 26.6 Å². The Morgan fingerprint density at radius 3 is 2.20 bits per heavy atom. The first kappa shape index (κ1) is 47.5. The number of carbonyl (C=O) groups excluding carboxylic acids is 3. The molecule has 5 aromatic rings. The van der Waals surface area contributed by atoms with Crippen LogP contribution in [0.4, 0.5) is 17.1 Å². The minimum atomic E-state index is -4.53. The third-order valence-corrected chi connectivity index (χ3v) is 13.4. The van der Waals surface area contributed by atoms with Crippen LogP contribution < -0.4 is 31.3 Å². The van der Waals surface area contributed by atoms with Gasteiger partial charge in [0.15, 0.2) is 0 Å². The number of nitro groups is 1. The highest BCUT2D eigenvalue weighted by Gasteiger charge is 2.26. The van der Waals surface area contributed by atoms with Gasteiger partial charge in [0.2, 0.25) is 11.8 Å². The molecule has 1 saturated heterocycles. The minimum absolute atomic E-state index is 0.0528. The monoisotopic (exact) mass is 926 g/mol. The summed E-state index contributed by atoms with van der Waals surface area (Å²) in [5, 5.41) is 21.5. The molecule has 0 unspecified atom stereocenters. The lowest BCUT2D eigenvalue weighted by atomic mass is 9.99. The van der Waals surface area contributed by atoms with Gasteiger partial charge in [-0.15, -0.1) is 11.8 Å². The first-order valence-corrected chi connectivity index (χ1v) is 23.6. The van der Waals surface area contributed by atoms with Gasteiger partial charge in [0.25, 0.3) is 21.6 Å². The number of nitrogens with zero attached hydrogens (tertiary/aromatic N) is 3. The minimum Gasteiger partial charge on any atom is -0.376 e. The van der Waals surface area contributed by atoms with Crippen LogP contribution in [0.5, 0.6) is 0 Å². The van der Waals surface area contributed by atoms with Gasteiger partial charge >= 0.3 is 0 Å². The Hall–Kier alpha value is -5.98. The number of thioether (sulfide) groups is 1. The summed E-state index contributed by atoms with van der Waals surface area (Å²) in [5.74, 6) is -1.35. The van der Waals surface area contributed by atoms with Gasteiger partial charge in [-0.25, -0.2) is 13.1 Å². The largest absolute Gasteiger partial charge is 0.376 e. The van der Waals surface area contributed by atoms with Crippen molar-refractivity contribution < 1.29 is 27.7 Å². The van der Waals surface area contributed by atoms with Crippen molar-refractivity contribution in [1.82, 2.24) is 20.3 Å². The van der Waals surface area contributed by atoms with E-state index in [1.807, 2.05) is 66.7 Å². The third kappa shape index (κ3) is 13.0. The standard InChI is InChI=1S/C46H51ClN8O7S2/c1-31(48)44(56)50-32(2)45(57)49-23-22-37(30-63-39-9-4-3-5-10-39)51-42-21-20-40(28-43(42)55(59)60)64(61,62)52-46(58)34-14-18-38(19-15-34)54-26-24-53(25-27-54)29-35-8-6-7-11-41(35)33-12-16-36(47)17-13-33/h3-21,28,31-32,37,51H,22-27,29-30,48H2,1-2H3,(H,49,57)(H,50,56)(H,52,58)/t31-,32-,37+/m0/s1. The number of anilines is 2. The molecule has 1 aliphatic heterocycles. The van der Waals surface area contributed by atoms with E-state index in [4.69, 9.17) is 17.3 Å². The number of benzene rings is 5. The summed E-state index contributed by atoms with van der Waals surface area (Å²) in [6.07, 6.45) is 0.322. The van der Waals surface area contributed by atoms with E-state index in [1.54, 1.807) is 24.3 Å². The van der Waals surface area contributed by atoms with Crippen LogP contribution in [-0.2, 0) is 26.2 Å². The molecule has 0 saturated carbocycles. The number of piperazine rings is 1. The number of rotatable bonds is 19. The fourth-order valence-electron chi connectivity index (χ4n) is 7.05. The number of nitrogens with one attached hydrogen (secondary N) is 4. The van der Waals surface area contributed by atoms with E-state index in [2.05, 4.69) is 42.6 Å². The van der Waals surface area contributed by atoms with Crippen LogP contribution in [0.2, 0.25) is 5.02 Å². The van der Waals surface area contributed by atoms with Crippen LogP contribution in [0.3, 0.4) is 0 Å². The van der Waals surface area contributed by atoms with Gasteiger partial charge in [-0.3, -0.25) is 29.4 Å². The number of nitrogens with two attached hydrogens (primary N) is 1. The molecule has 0 aromatic heterocycles. The highest BCUT2D eigenvalue weighted by Crippen LogP contribution is 2.31. The molecule has 64 heavy (non-hydrogen) atoms. The molecule has 0 aliphatic carbocycles. The summed E-state index contributed by atoms with van der Waals surface area (Å²) >= 11 is 7.61. The van der Waals surface area contributed by atoms with Gasteiger partial charge in [0.05, 0.1) is 15.9 Å². The van der Waals surface area contributed by atoms with Gasteiger partial charge in [0.1, 0.15) is 11.7 Å². The zero-order chi connectivity index (χ0) is 45.8. The molecule has 5 aromatic carbocycles. The van der Waals surface area contributed by atoms with Crippen LogP contribution in [-0.4, -0.2) is 92.6 Å². The van der Waals surface area contributed by atoms with Crippen LogP contribution in [0, 0.1) is 10.1 Å². The lowest BCUT2D eigenvalue weighted by molar-refractivity contribution is -0.384. The van der Waals surface area contributed by atoms with Crippen LogP contribution >= 0.6 is 23.4 Å². The molecule has 336 valence electrons. The lowest BCUT2D eigenvalue weighted by Gasteiger charge is -2.36. The van der Waals surface area contributed by atoms with E-state index in [9.17, 15) is 32.9 Å². The van der Waals surface area contributed by atoms with E-state index < -0.39 is 61.4 Å². The molecule has 6 N–H and O–H groups in total. The van der Waals surface area contributed by atoms with E-state index in [-0.39, 0.29) is 17.8 Å². The third-order valence-electron chi connectivity index (χ3n) is 10.6. The van der Waals surface area contributed by atoms with E-state index >= 15 is 0 Å². The average Bonchev–Trinajstić information content (AvgIpc) is 3.29. The van der Waals surface area contributed by atoms with Crippen LogP contribution in [0.25, 0.3) is 11.1 Å². The first-order chi connectivity index (χ1) is 30.7. The van der Waals surface area contributed by atoms with Crippen molar-refractivity contribution >= 4 is 68.2 Å². The fraction of sp³-hybridized carbons (Fsp3) is 0.283. The molecule has 1 heterocycles. The molecule has 0 bridgehead atoms. The maximum Gasteiger partial charge on any atom is 0.293 e. The maximum absolute atomic E-state index is 13.5. The Labute approximate surface area is 382 Å². The molecule has 1 aliphatic rings. The van der Waals surface area contributed by atoms with E-state index in [0.29, 0.717) is 17.2 Å². The zero-order valence-corrected chi connectivity index (χ0v) is 37.8. The Morgan fingerprint density at radius 2 is 1.53 bits per heavy atom. The lowest BCUT2D eigenvalue weighted by Crippen LogP contribution is -2.49. The summed E-state index contributed by atoms with van der Waals surface area (Å²) in [4.78, 5) is 54.6. The second kappa shape index (κ2) is 22.1. The topological polar surface area (TPSA) is 209 Å². The molecule has 18 heteroatoms. The van der Waals surface area contributed by atoms with Crippen molar-refractivity contribution in [2.45, 2.75) is 54.7 Å². The van der Waals surface area contributed by atoms with Crippen LogP contribution in [0.15, 0.2) is 131 Å². The fourth-order valence-corrected chi connectivity index (χ4v) is 9.17. The predicted molar refractivity (Wildman–Crippen MR) is 252 cm³/mol. The van der Waals surface area contributed by atoms with E-state index in [0.717, 1.165) is 60.5 Å². The molecule has 15 nitrogen and oxygen atoms in total. The second-order valence-electron chi connectivity index (χ2n) is 15.4. The summed E-state index contributed by atoms with van der Waals surface area (Å²) in [6.45, 7) is 7.14. The second-order valence-corrected chi connectivity index (χ2v) is 18.6. The molecule has 6 rings (SSSR count). The summed E-state index contributed by atoms with van der Waals surface area (Å²) in [5.41, 5.74) is 9.62. The Kier molecular flexibility index (Phi) is 16.4. The first-order valence-electron chi connectivity index (χ1n) is 20.7. The number of amides is 3. The quantitative estimate of drug-likeness (QED) is 0.0352. The summed E-state index contributed by atoms with van der Waals surface area (Å²) in [7, 11) is -4.53. The molecule has 3 amide bonds. The molecular formula is C46H51ClN8O7S2. The SMILES string of the molecule is C[C@H](N)C(=O)N[C@@H](C)C(=O)NCC[C@H](CSc1ccccc1)Nc1ccc(S(=O)(=O)NC(=O)c2ccc(N3CCN(Cc4ccccc4-c4ccc(Cl)cc4)CC3)cc2)cc1[N+](=O)[O-]. The molecule has 0 radical (unpaired) electrons. The maximum atomic E-state index is 13.5. The molecule has 1 fully saturated rings. The van der Waals surface area contributed by atoms with Gasteiger partial charge in [-0.2, -0.15) is 0 Å². The van der Waals surface area contributed by atoms with Crippen molar-refractivity contribution in [1.29, 1.82) is 0 Å². The number of hydrogen-bond donors (Lipinski definition) is 5. The smallest absolute Gasteiger partial charge is 0.293 e. The normalized spacial score (nSPS) is 14.5. The van der Waals surface area contributed by atoms with Crippen molar-refractivity contribution in [3.63, 3.8) is 0 Å². The highest BCUT2D eigenvalue weighted by atomic mass is 35.5. The zero-order valence-electron chi connectivity index (χ0n) is 35.4. The van der Waals surface area contributed by atoms with Crippen molar-refractivity contribution in [3.8, 4) is 11.1 Å². The number of halogens is 1. The number of hydrogen-bond acceptors (Lipinski definition) is 12. The van der Waals surface area contributed by atoms with Crippen LogP contribution in [0.1, 0.15) is 36.2 Å².